The van der Waals surface area contributed by atoms with Gasteiger partial charge in [-0.25, -0.2) is 0 Å². The average Bonchev–Trinajstić information content (AvgIpc) is 2.45. The second kappa shape index (κ2) is 3.76. The summed E-state index contributed by atoms with van der Waals surface area (Å²) in [5.41, 5.74) is 1.45. The first-order valence-corrected chi connectivity index (χ1v) is 6.01. The molecule has 0 saturated heterocycles. The van der Waals surface area contributed by atoms with Crippen molar-refractivity contribution in [3.05, 3.63) is 25.2 Å². The molecule has 0 saturated carbocycles. The molecule has 0 fully saturated rings. The summed E-state index contributed by atoms with van der Waals surface area (Å²) >= 11 is 2.10. The van der Waals surface area contributed by atoms with Crippen molar-refractivity contribution < 1.29 is 5.11 Å². The molecule has 0 spiro atoms. The lowest BCUT2D eigenvalue weighted by atomic mass is 10.1. The van der Waals surface area contributed by atoms with Crippen LogP contribution >= 0.6 is 22.6 Å². The van der Waals surface area contributed by atoms with Crippen molar-refractivity contribution in [2.24, 2.45) is 0 Å². The van der Waals surface area contributed by atoms with Crippen LogP contribution in [-0.4, -0.2) is 19.7 Å². The lowest BCUT2D eigenvalue weighted by Gasteiger charge is -2.07. The van der Waals surface area contributed by atoms with Crippen molar-refractivity contribution in [3.63, 3.8) is 0 Å². The smallest absolute Gasteiger partial charge is 0.258 e. The van der Waals surface area contributed by atoms with Crippen LogP contribution in [0.4, 0.5) is 0 Å². The Morgan fingerprint density at radius 1 is 1.50 bits per heavy atom. The number of hydrogen-bond donors (Lipinski definition) is 2. The maximum atomic E-state index is 11.8. The van der Waals surface area contributed by atoms with Crippen LogP contribution < -0.4 is 5.56 Å². The van der Waals surface area contributed by atoms with Gasteiger partial charge in [0, 0.05) is 0 Å². The fourth-order valence-corrected chi connectivity index (χ4v) is 2.15. The third-order valence-corrected chi connectivity index (χ3v) is 3.77. The van der Waals surface area contributed by atoms with Crippen molar-refractivity contribution in [3.8, 4) is 5.88 Å². The predicted octanol–water partition coefficient (Wildman–Crippen LogP) is 1.76. The van der Waals surface area contributed by atoms with Crippen molar-refractivity contribution in [1.29, 1.82) is 0 Å². The molecule has 0 bridgehead atoms. The van der Waals surface area contributed by atoms with E-state index < -0.39 is 0 Å². The van der Waals surface area contributed by atoms with E-state index in [1.807, 2.05) is 20.8 Å². The number of rotatable bonds is 1. The lowest BCUT2D eigenvalue weighted by Crippen LogP contribution is -2.17. The lowest BCUT2D eigenvalue weighted by molar-refractivity contribution is 0.422. The van der Waals surface area contributed by atoms with E-state index >= 15 is 0 Å². The van der Waals surface area contributed by atoms with E-state index in [0.29, 0.717) is 11.2 Å². The zero-order valence-corrected chi connectivity index (χ0v) is 11.4. The Morgan fingerprint density at radius 2 is 2.12 bits per heavy atom. The molecule has 2 N–H and O–H groups in total. The number of aromatic nitrogens is 3. The Morgan fingerprint density at radius 3 is 2.69 bits per heavy atom. The first-order valence-electron chi connectivity index (χ1n) is 4.93. The summed E-state index contributed by atoms with van der Waals surface area (Å²) in [6, 6.07) is 0. The van der Waals surface area contributed by atoms with Gasteiger partial charge in [0.15, 0.2) is 5.65 Å². The van der Waals surface area contributed by atoms with Crippen LogP contribution in [0.3, 0.4) is 0 Å². The minimum absolute atomic E-state index is 0.0460. The van der Waals surface area contributed by atoms with E-state index in [-0.39, 0.29) is 17.4 Å². The minimum Gasteiger partial charge on any atom is -0.493 e. The number of H-pyrrole nitrogens is 1. The van der Waals surface area contributed by atoms with E-state index in [4.69, 9.17) is 0 Å². The number of halogens is 1. The summed E-state index contributed by atoms with van der Waals surface area (Å²) in [6.07, 6.45) is 0. The van der Waals surface area contributed by atoms with Gasteiger partial charge in [-0.1, -0.05) is 13.8 Å². The highest BCUT2D eigenvalue weighted by Crippen LogP contribution is 2.24. The van der Waals surface area contributed by atoms with Crippen LogP contribution in [0, 0.1) is 10.5 Å². The molecule has 86 valence electrons. The van der Waals surface area contributed by atoms with E-state index in [2.05, 4.69) is 32.7 Å². The van der Waals surface area contributed by atoms with Crippen LogP contribution in [-0.2, 0) is 0 Å². The van der Waals surface area contributed by atoms with Gasteiger partial charge in [0.2, 0.25) is 5.88 Å². The Labute approximate surface area is 106 Å². The molecule has 0 amide bonds. The maximum absolute atomic E-state index is 11.8. The Kier molecular flexibility index (Phi) is 2.69. The molecule has 0 radical (unpaired) electrons. The SMILES string of the molecule is Cc1nn2c(O)c(C(C)C)c(=O)[nH]c2c1I. The van der Waals surface area contributed by atoms with E-state index in [1.165, 1.54) is 4.52 Å². The van der Waals surface area contributed by atoms with Crippen molar-refractivity contribution in [2.45, 2.75) is 26.7 Å². The number of nitrogens with one attached hydrogen (secondary N) is 1. The van der Waals surface area contributed by atoms with Gasteiger partial charge < -0.3 is 10.1 Å². The molecular weight excluding hydrogens is 321 g/mol. The molecule has 6 heteroatoms. The molecule has 2 heterocycles. The summed E-state index contributed by atoms with van der Waals surface area (Å²) in [7, 11) is 0. The molecule has 5 nitrogen and oxygen atoms in total. The number of fused-ring (bicyclic) bond motifs is 1. The second-order valence-electron chi connectivity index (χ2n) is 4.01. The molecule has 0 aliphatic heterocycles. The van der Waals surface area contributed by atoms with Gasteiger partial charge in [-0.3, -0.25) is 4.79 Å². The summed E-state index contributed by atoms with van der Waals surface area (Å²) in [5.74, 6) is -0.116. The Hall–Kier alpha value is -1.05. The fourth-order valence-electron chi connectivity index (χ4n) is 1.68. The molecule has 0 unspecified atom stereocenters. The quantitative estimate of drug-likeness (QED) is 0.782. The normalized spacial score (nSPS) is 11.6. The van der Waals surface area contributed by atoms with Crippen LogP contribution in [0.1, 0.15) is 31.0 Å². The fraction of sp³-hybridized carbons (Fsp3) is 0.400. The number of aromatic hydroxyl groups is 1. The number of aromatic amines is 1. The third-order valence-electron chi connectivity index (χ3n) is 2.48. The highest BCUT2D eigenvalue weighted by atomic mass is 127. The monoisotopic (exact) mass is 333 g/mol. The zero-order valence-electron chi connectivity index (χ0n) is 9.21. The highest BCUT2D eigenvalue weighted by Gasteiger charge is 2.18. The number of nitrogens with zero attached hydrogens (tertiary/aromatic N) is 2. The molecule has 0 atom stereocenters. The highest BCUT2D eigenvalue weighted by molar-refractivity contribution is 14.1. The van der Waals surface area contributed by atoms with Gasteiger partial charge in [0.25, 0.3) is 5.56 Å². The molecule has 0 aliphatic rings. The molecule has 16 heavy (non-hydrogen) atoms. The topological polar surface area (TPSA) is 70.4 Å². The van der Waals surface area contributed by atoms with Crippen molar-refractivity contribution in [1.82, 2.24) is 14.6 Å². The Bertz CT molecular complexity index is 613. The molecule has 2 rings (SSSR count). The van der Waals surface area contributed by atoms with E-state index in [9.17, 15) is 9.90 Å². The second-order valence-corrected chi connectivity index (χ2v) is 5.08. The molecule has 2 aromatic rings. The van der Waals surface area contributed by atoms with Crippen molar-refractivity contribution in [2.75, 3.05) is 0 Å². The van der Waals surface area contributed by atoms with Gasteiger partial charge in [-0.2, -0.15) is 9.61 Å². The largest absolute Gasteiger partial charge is 0.493 e. The molecule has 2 aromatic heterocycles. The first kappa shape index (κ1) is 11.4. The standard InChI is InChI=1S/C10H12IN3O2/c1-4(2)6-9(15)12-8-7(11)5(3)13-14(8)10(6)16/h4,16H,1-3H3,(H,12,15). The van der Waals surface area contributed by atoms with Crippen molar-refractivity contribution >= 4 is 28.2 Å². The average molecular weight is 333 g/mol. The van der Waals surface area contributed by atoms with Gasteiger partial charge in [0.05, 0.1) is 14.8 Å². The van der Waals surface area contributed by atoms with Crippen LogP contribution in [0.5, 0.6) is 5.88 Å². The summed E-state index contributed by atoms with van der Waals surface area (Å²) in [6.45, 7) is 5.55. The van der Waals surface area contributed by atoms with E-state index in [0.717, 1.165) is 9.26 Å². The zero-order chi connectivity index (χ0) is 12.0. The third kappa shape index (κ3) is 1.51. The van der Waals surface area contributed by atoms with Gasteiger partial charge in [-0.05, 0) is 35.4 Å². The maximum Gasteiger partial charge on any atom is 0.258 e. The van der Waals surface area contributed by atoms with Crippen LogP contribution in [0.25, 0.3) is 5.65 Å². The van der Waals surface area contributed by atoms with Gasteiger partial charge in [0.1, 0.15) is 0 Å². The molecular formula is C10H12IN3O2. The molecule has 0 aromatic carbocycles. The van der Waals surface area contributed by atoms with Crippen LogP contribution in [0.2, 0.25) is 0 Å². The Balaban J connectivity index is 2.95. The first-order chi connectivity index (χ1) is 7.43. The van der Waals surface area contributed by atoms with Gasteiger partial charge >= 0.3 is 0 Å². The summed E-state index contributed by atoms with van der Waals surface area (Å²) < 4.78 is 2.23. The predicted molar refractivity (Wildman–Crippen MR) is 69.0 cm³/mol. The van der Waals surface area contributed by atoms with Gasteiger partial charge in [-0.15, -0.1) is 0 Å². The van der Waals surface area contributed by atoms with Crippen LogP contribution in [0.15, 0.2) is 4.79 Å². The minimum atomic E-state index is -0.252. The number of hydrogen-bond acceptors (Lipinski definition) is 3. The van der Waals surface area contributed by atoms with E-state index in [1.54, 1.807) is 0 Å². The molecule has 0 aliphatic carbocycles. The summed E-state index contributed by atoms with van der Waals surface area (Å²) in [5, 5.41) is 14.2. The summed E-state index contributed by atoms with van der Waals surface area (Å²) in [4.78, 5) is 14.5. The number of aryl methyl sites for hydroxylation is 1.